The first-order valence-electron chi connectivity index (χ1n) is 5.85. The minimum atomic E-state index is -1.47. The second kappa shape index (κ2) is 5.28. The molecular formula is C13H12FNO5. The molecule has 0 aromatic heterocycles. The summed E-state index contributed by atoms with van der Waals surface area (Å²) in [6, 6.07) is 3.66. The summed E-state index contributed by atoms with van der Waals surface area (Å²) in [4.78, 5) is 35.5. The van der Waals surface area contributed by atoms with Crippen LogP contribution < -0.4 is 4.90 Å². The Balaban J connectivity index is 2.38. The molecule has 0 saturated carbocycles. The van der Waals surface area contributed by atoms with Gasteiger partial charge in [0.1, 0.15) is 11.4 Å². The summed E-state index contributed by atoms with van der Waals surface area (Å²) in [6.45, 7) is -0.0186. The van der Waals surface area contributed by atoms with Gasteiger partial charge in [0.2, 0.25) is 5.91 Å². The van der Waals surface area contributed by atoms with Gasteiger partial charge in [0, 0.05) is 13.0 Å². The molecular weight excluding hydrogens is 269 g/mol. The van der Waals surface area contributed by atoms with Crippen LogP contribution in [0.2, 0.25) is 0 Å². The number of rotatable bonds is 3. The first-order valence-corrected chi connectivity index (χ1v) is 5.85. The van der Waals surface area contributed by atoms with E-state index in [9.17, 15) is 18.8 Å². The summed E-state index contributed by atoms with van der Waals surface area (Å²) in [6.07, 6.45) is -0.0811. The first kappa shape index (κ1) is 14.0. The molecule has 1 amide bonds. The van der Waals surface area contributed by atoms with E-state index in [1.807, 2.05) is 0 Å². The average Bonchev–Trinajstić information content (AvgIpc) is 2.79. The molecule has 0 bridgehead atoms. The third-order valence-corrected chi connectivity index (χ3v) is 3.16. The van der Waals surface area contributed by atoms with Gasteiger partial charge in [0.15, 0.2) is 0 Å². The number of carbonyl (C=O) groups is 3. The molecule has 1 fully saturated rings. The van der Waals surface area contributed by atoms with Gasteiger partial charge in [-0.3, -0.25) is 9.59 Å². The number of benzene rings is 1. The van der Waals surface area contributed by atoms with Crippen molar-refractivity contribution in [3.8, 4) is 0 Å². The van der Waals surface area contributed by atoms with Crippen molar-refractivity contribution in [2.45, 2.75) is 6.42 Å². The number of nitrogens with zero attached hydrogens (tertiary/aromatic N) is 1. The third-order valence-electron chi connectivity index (χ3n) is 3.16. The molecule has 0 aliphatic carbocycles. The Morgan fingerprint density at radius 2 is 2.15 bits per heavy atom. The van der Waals surface area contributed by atoms with Gasteiger partial charge in [-0.15, -0.1) is 0 Å². The minimum absolute atomic E-state index is 0.0186. The molecule has 0 spiro atoms. The van der Waals surface area contributed by atoms with Crippen LogP contribution in [0.3, 0.4) is 0 Å². The van der Waals surface area contributed by atoms with E-state index < -0.39 is 35.1 Å². The van der Waals surface area contributed by atoms with E-state index in [0.717, 1.165) is 11.0 Å². The van der Waals surface area contributed by atoms with E-state index in [4.69, 9.17) is 5.11 Å². The van der Waals surface area contributed by atoms with Crippen LogP contribution in [0.1, 0.15) is 16.8 Å². The number of anilines is 1. The summed E-state index contributed by atoms with van der Waals surface area (Å²) < 4.78 is 18.2. The lowest BCUT2D eigenvalue weighted by Crippen LogP contribution is -2.28. The summed E-state index contributed by atoms with van der Waals surface area (Å²) in [5.41, 5.74) is -0.625. The Labute approximate surface area is 113 Å². The molecule has 1 N–H and O–H groups in total. The lowest BCUT2D eigenvalue weighted by atomic mass is 10.1. The quantitative estimate of drug-likeness (QED) is 0.837. The fraction of sp³-hybridized carbons (Fsp3) is 0.308. The van der Waals surface area contributed by atoms with Crippen molar-refractivity contribution in [3.05, 3.63) is 29.6 Å². The van der Waals surface area contributed by atoms with Gasteiger partial charge in [-0.05, 0) is 12.1 Å². The highest BCUT2D eigenvalue weighted by Gasteiger charge is 2.37. The summed E-state index contributed by atoms with van der Waals surface area (Å²) in [5.74, 6) is -4.04. The van der Waals surface area contributed by atoms with Gasteiger partial charge in [-0.2, -0.15) is 0 Å². The van der Waals surface area contributed by atoms with Crippen LogP contribution in [0.15, 0.2) is 18.2 Å². The molecule has 0 radical (unpaired) electrons. The van der Waals surface area contributed by atoms with Crippen LogP contribution in [-0.2, 0) is 14.3 Å². The SMILES string of the molecule is COC(=O)C1CC(=O)N(c2cccc(F)c2C(=O)O)C1. The van der Waals surface area contributed by atoms with Crippen molar-refractivity contribution in [2.24, 2.45) is 5.92 Å². The number of carboxylic acid groups (broad SMARTS) is 1. The highest BCUT2D eigenvalue weighted by Crippen LogP contribution is 2.30. The molecule has 1 aromatic rings. The minimum Gasteiger partial charge on any atom is -0.478 e. The number of hydrogen-bond donors (Lipinski definition) is 1. The topological polar surface area (TPSA) is 83.9 Å². The number of aromatic carboxylic acids is 1. The van der Waals surface area contributed by atoms with Gasteiger partial charge in [-0.25, -0.2) is 9.18 Å². The lowest BCUT2D eigenvalue weighted by Gasteiger charge is -2.18. The average molecular weight is 281 g/mol. The zero-order valence-electron chi connectivity index (χ0n) is 10.6. The van der Waals surface area contributed by atoms with E-state index in [1.165, 1.54) is 19.2 Å². The Kier molecular flexibility index (Phi) is 3.69. The fourth-order valence-electron chi connectivity index (χ4n) is 2.21. The number of hydrogen-bond acceptors (Lipinski definition) is 4. The molecule has 1 heterocycles. The van der Waals surface area contributed by atoms with Crippen molar-refractivity contribution >= 4 is 23.5 Å². The number of halogens is 1. The van der Waals surface area contributed by atoms with Gasteiger partial charge < -0.3 is 14.7 Å². The first-order chi connectivity index (χ1) is 9.45. The van der Waals surface area contributed by atoms with Gasteiger partial charge in [0.25, 0.3) is 0 Å². The predicted octanol–water partition coefficient (Wildman–Crippen LogP) is 1.05. The maximum atomic E-state index is 13.6. The normalized spacial score (nSPS) is 18.2. The van der Waals surface area contributed by atoms with E-state index in [0.29, 0.717) is 0 Å². The molecule has 1 aliphatic rings. The number of ether oxygens (including phenoxy) is 1. The van der Waals surface area contributed by atoms with Crippen LogP contribution >= 0.6 is 0 Å². The third kappa shape index (κ3) is 2.34. The van der Waals surface area contributed by atoms with Crippen LogP contribution in [0.4, 0.5) is 10.1 Å². The number of carboxylic acids is 1. The molecule has 1 saturated heterocycles. The molecule has 106 valence electrons. The zero-order chi connectivity index (χ0) is 14.9. The molecule has 1 aliphatic heterocycles. The predicted molar refractivity (Wildman–Crippen MR) is 65.8 cm³/mol. The molecule has 1 atom stereocenters. The van der Waals surface area contributed by atoms with Crippen molar-refractivity contribution in [1.29, 1.82) is 0 Å². The second-order valence-corrected chi connectivity index (χ2v) is 4.37. The number of carbonyl (C=O) groups excluding carboxylic acids is 2. The maximum Gasteiger partial charge on any atom is 0.340 e. The Hall–Kier alpha value is -2.44. The van der Waals surface area contributed by atoms with Crippen LogP contribution in [0.5, 0.6) is 0 Å². The van der Waals surface area contributed by atoms with Crippen molar-refractivity contribution < 1.29 is 28.6 Å². The van der Waals surface area contributed by atoms with Crippen molar-refractivity contribution in [2.75, 3.05) is 18.6 Å². The second-order valence-electron chi connectivity index (χ2n) is 4.37. The summed E-state index contributed by atoms with van der Waals surface area (Å²) >= 11 is 0. The van der Waals surface area contributed by atoms with Gasteiger partial charge >= 0.3 is 11.9 Å². The Morgan fingerprint density at radius 3 is 2.75 bits per heavy atom. The molecule has 2 rings (SSSR count). The van der Waals surface area contributed by atoms with Crippen molar-refractivity contribution in [1.82, 2.24) is 0 Å². The molecule has 1 aromatic carbocycles. The largest absolute Gasteiger partial charge is 0.478 e. The smallest absolute Gasteiger partial charge is 0.340 e. The van der Waals surface area contributed by atoms with Crippen molar-refractivity contribution in [3.63, 3.8) is 0 Å². The van der Waals surface area contributed by atoms with Crippen LogP contribution in [0.25, 0.3) is 0 Å². The fourth-order valence-corrected chi connectivity index (χ4v) is 2.21. The molecule has 7 heteroatoms. The Morgan fingerprint density at radius 1 is 1.45 bits per heavy atom. The number of methoxy groups -OCH3 is 1. The zero-order valence-corrected chi connectivity index (χ0v) is 10.6. The van der Waals surface area contributed by atoms with Crippen LogP contribution in [-0.4, -0.2) is 36.6 Å². The van der Waals surface area contributed by atoms with E-state index >= 15 is 0 Å². The highest BCUT2D eigenvalue weighted by atomic mass is 19.1. The number of esters is 1. The van der Waals surface area contributed by atoms with E-state index in [2.05, 4.69) is 4.74 Å². The van der Waals surface area contributed by atoms with Crippen LogP contribution in [0, 0.1) is 11.7 Å². The highest BCUT2D eigenvalue weighted by molar-refractivity contribution is 6.05. The molecule has 6 nitrogen and oxygen atoms in total. The molecule has 1 unspecified atom stereocenters. The molecule has 20 heavy (non-hydrogen) atoms. The van der Waals surface area contributed by atoms with Gasteiger partial charge in [-0.1, -0.05) is 6.07 Å². The Bertz CT molecular complexity index is 586. The number of amides is 1. The lowest BCUT2D eigenvalue weighted by molar-refractivity contribution is -0.145. The summed E-state index contributed by atoms with van der Waals surface area (Å²) in [5, 5.41) is 9.04. The maximum absolute atomic E-state index is 13.6. The standard InChI is InChI=1S/C13H12FNO5/c1-20-13(19)7-5-10(16)15(6-7)9-4-2-3-8(14)11(9)12(17)18/h2-4,7H,5-6H2,1H3,(H,17,18). The monoisotopic (exact) mass is 281 g/mol. The van der Waals surface area contributed by atoms with E-state index in [-0.39, 0.29) is 18.7 Å². The van der Waals surface area contributed by atoms with Gasteiger partial charge in [0.05, 0.1) is 18.7 Å². The van der Waals surface area contributed by atoms with E-state index in [1.54, 1.807) is 0 Å². The summed E-state index contributed by atoms with van der Waals surface area (Å²) in [7, 11) is 1.21.